The largest absolute Gasteiger partial charge is 0.469 e. The fourth-order valence-corrected chi connectivity index (χ4v) is 0.704. The van der Waals surface area contributed by atoms with E-state index >= 15 is 0 Å². The van der Waals surface area contributed by atoms with Crippen LogP contribution in [0.4, 0.5) is 0 Å². The molecule has 0 aromatic rings. The lowest BCUT2D eigenvalue weighted by molar-refractivity contribution is -0.138. The number of hydrogen-bond acceptors (Lipinski definition) is 5. The molecule has 0 saturated carbocycles. The van der Waals surface area contributed by atoms with Crippen LogP contribution in [0.3, 0.4) is 0 Å². The lowest BCUT2D eigenvalue weighted by Gasteiger charge is -2.05. The van der Waals surface area contributed by atoms with Crippen LogP contribution < -0.4 is 0 Å². The van der Waals surface area contributed by atoms with E-state index in [1.807, 2.05) is 0 Å². The molecule has 0 bridgehead atoms. The Labute approximate surface area is 80.2 Å². The van der Waals surface area contributed by atoms with Gasteiger partial charge in [-0.15, -0.1) is 0 Å². The standard InChI is InChI=1S/C4H4O2.C2H7O5P/c1-3-2-6-4(3)5;3-1-2-7-8(4,5)6/h2H,1H3;3H,1-2H2,(H2,4,5,6). The van der Waals surface area contributed by atoms with E-state index in [4.69, 9.17) is 14.9 Å². The minimum atomic E-state index is -4.34. The SMILES string of the molecule is CC1=COC1=O.O=P(O)(O)OCCO. The number of rotatable bonds is 3. The maximum atomic E-state index is 9.94. The van der Waals surface area contributed by atoms with Crippen LogP contribution in [-0.2, 0) is 18.6 Å². The fourth-order valence-electron chi connectivity index (χ4n) is 0.385. The van der Waals surface area contributed by atoms with Crippen LogP contribution in [0, 0.1) is 0 Å². The molecule has 3 N–H and O–H groups in total. The van der Waals surface area contributed by atoms with Crippen LogP contribution in [0.5, 0.6) is 0 Å². The highest BCUT2D eigenvalue weighted by molar-refractivity contribution is 7.46. The molecule has 0 fully saturated rings. The lowest BCUT2D eigenvalue weighted by Crippen LogP contribution is -2.10. The van der Waals surface area contributed by atoms with Gasteiger partial charge in [0.1, 0.15) is 6.26 Å². The van der Waals surface area contributed by atoms with Crippen molar-refractivity contribution in [2.45, 2.75) is 6.92 Å². The van der Waals surface area contributed by atoms with E-state index in [9.17, 15) is 9.36 Å². The zero-order valence-electron chi connectivity index (χ0n) is 7.41. The molecule has 0 aromatic carbocycles. The van der Waals surface area contributed by atoms with Crippen molar-refractivity contribution in [1.82, 2.24) is 0 Å². The quantitative estimate of drug-likeness (QED) is 0.440. The fraction of sp³-hybridized carbons (Fsp3) is 0.500. The van der Waals surface area contributed by atoms with Crippen molar-refractivity contribution >= 4 is 13.8 Å². The first kappa shape index (κ1) is 13.3. The predicted molar refractivity (Wildman–Crippen MR) is 44.9 cm³/mol. The Hall–Kier alpha value is -0.720. The molecule has 0 saturated heterocycles. The summed E-state index contributed by atoms with van der Waals surface area (Å²) in [6, 6.07) is 0. The molecule has 1 heterocycles. The van der Waals surface area contributed by atoms with E-state index in [0.717, 1.165) is 0 Å². The number of carbonyl (C=O) groups is 1. The second-order valence-corrected chi connectivity index (χ2v) is 3.49. The minimum absolute atomic E-state index is 0.199. The number of hydrogen-bond donors (Lipinski definition) is 3. The van der Waals surface area contributed by atoms with Crippen molar-refractivity contribution in [3.63, 3.8) is 0 Å². The van der Waals surface area contributed by atoms with E-state index in [1.165, 1.54) is 6.26 Å². The first-order valence-corrected chi connectivity index (χ1v) is 5.08. The van der Waals surface area contributed by atoms with Crippen LogP contribution >= 0.6 is 7.82 Å². The highest BCUT2D eigenvalue weighted by Gasteiger charge is 2.12. The van der Waals surface area contributed by atoms with Gasteiger partial charge in [0.2, 0.25) is 0 Å². The van der Waals surface area contributed by atoms with Crippen molar-refractivity contribution in [2.75, 3.05) is 13.2 Å². The van der Waals surface area contributed by atoms with Gasteiger partial charge < -0.3 is 19.6 Å². The van der Waals surface area contributed by atoms with Gasteiger partial charge in [-0.2, -0.15) is 0 Å². The van der Waals surface area contributed by atoms with E-state index in [1.54, 1.807) is 6.92 Å². The Balaban J connectivity index is 0.000000249. The van der Waals surface area contributed by atoms with Gasteiger partial charge in [0.25, 0.3) is 0 Å². The molecule has 14 heavy (non-hydrogen) atoms. The summed E-state index contributed by atoms with van der Waals surface area (Å²) in [5.74, 6) is -0.199. The van der Waals surface area contributed by atoms with Gasteiger partial charge in [-0.05, 0) is 6.92 Å². The highest BCUT2D eigenvalue weighted by atomic mass is 31.2. The number of carbonyl (C=O) groups excluding carboxylic acids is 1. The van der Waals surface area contributed by atoms with Gasteiger partial charge in [0.05, 0.1) is 18.8 Å². The van der Waals surface area contributed by atoms with Crippen molar-refractivity contribution < 1.29 is 33.5 Å². The zero-order chi connectivity index (χ0) is 11.2. The number of aliphatic hydroxyl groups excluding tert-OH is 1. The van der Waals surface area contributed by atoms with Gasteiger partial charge in [0, 0.05) is 0 Å². The molecule has 0 spiro atoms. The van der Waals surface area contributed by atoms with Crippen molar-refractivity contribution in [3.05, 3.63) is 11.8 Å². The maximum absolute atomic E-state index is 9.94. The molecule has 82 valence electrons. The summed E-state index contributed by atoms with van der Waals surface area (Å²) in [5.41, 5.74) is 0.704. The molecule has 1 aliphatic heterocycles. The molecule has 7 nitrogen and oxygen atoms in total. The number of phosphoric acid groups is 1. The summed E-state index contributed by atoms with van der Waals surface area (Å²) in [5, 5.41) is 7.96. The van der Waals surface area contributed by atoms with Crippen LogP contribution in [0.1, 0.15) is 6.92 Å². The van der Waals surface area contributed by atoms with Crippen LogP contribution in [-0.4, -0.2) is 34.1 Å². The first-order valence-electron chi connectivity index (χ1n) is 3.55. The molecule has 1 rings (SSSR count). The third-order valence-corrected chi connectivity index (χ3v) is 1.53. The number of phosphoric ester groups is 1. The molecule has 1 aliphatic rings. The lowest BCUT2D eigenvalue weighted by atomic mass is 10.3. The normalized spacial score (nSPS) is 14.6. The van der Waals surface area contributed by atoms with Crippen molar-refractivity contribution in [2.24, 2.45) is 0 Å². The monoisotopic (exact) mass is 226 g/mol. The van der Waals surface area contributed by atoms with Gasteiger partial charge in [0.15, 0.2) is 0 Å². The summed E-state index contributed by atoms with van der Waals surface area (Å²) in [4.78, 5) is 25.8. The Morgan fingerprint density at radius 3 is 2.14 bits per heavy atom. The van der Waals surface area contributed by atoms with Crippen molar-refractivity contribution in [3.8, 4) is 0 Å². The molecule has 0 unspecified atom stereocenters. The molecule has 0 amide bonds. The topological polar surface area (TPSA) is 113 Å². The highest BCUT2D eigenvalue weighted by Crippen LogP contribution is 2.34. The maximum Gasteiger partial charge on any atom is 0.469 e. The third kappa shape index (κ3) is 6.76. The average molecular weight is 226 g/mol. The van der Waals surface area contributed by atoms with Gasteiger partial charge in [-0.3, -0.25) is 4.52 Å². The second kappa shape index (κ2) is 5.90. The Bertz CT molecular complexity index is 265. The molecular formula is C6H11O7P. The van der Waals surface area contributed by atoms with Gasteiger partial charge in [-0.25, -0.2) is 9.36 Å². The molecule has 0 atom stereocenters. The Morgan fingerprint density at radius 2 is 2.07 bits per heavy atom. The second-order valence-electron chi connectivity index (χ2n) is 2.25. The number of esters is 1. The van der Waals surface area contributed by atoms with Crippen LogP contribution in [0.15, 0.2) is 11.8 Å². The Kier molecular flexibility index (Phi) is 5.59. The van der Waals surface area contributed by atoms with Crippen molar-refractivity contribution in [1.29, 1.82) is 0 Å². The van der Waals surface area contributed by atoms with E-state index in [2.05, 4.69) is 9.26 Å². The summed E-state index contributed by atoms with van der Waals surface area (Å²) in [6.07, 6.45) is 1.43. The van der Waals surface area contributed by atoms with Gasteiger partial charge in [-0.1, -0.05) is 0 Å². The Morgan fingerprint density at radius 1 is 1.57 bits per heavy atom. The molecule has 0 aromatic heterocycles. The minimum Gasteiger partial charge on any atom is -0.430 e. The number of aliphatic hydroxyl groups is 1. The summed E-state index contributed by atoms with van der Waals surface area (Å²) in [6.45, 7) is 1.00. The smallest absolute Gasteiger partial charge is 0.430 e. The zero-order valence-corrected chi connectivity index (χ0v) is 8.31. The predicted octanol–water partition coefficient (Wildman–Crippen LogP) is -0.465. The average Bonchev–Trinajstić information content (AvgIpc) is 2.11. The molecular weight excluding hydrogens is 215 g/mol. The van der Waals surface area contributed by atoms with E-state index < -0.39 is 7.82 Å². The summed E-state index contributed by atoms with van der Waals surface area (Å²) in [7, 11) is -4.34. The first-order chi connectivity index (χ1) is 6.37. The summed E-state index contributed by atoms with van der Waals surface area (Å²) < 4.78 is 17.8. The molecule has 8 heteroatoms. The van der Waals surface area contributed by atoms with E-state index in [0.29, 0.717) is 5.57 Å². The number of cyclic esters (lactones) is 1. The number of ether oxygens (including phenoxy) is 1. The van der Waals surface area contributed by atoms with Gasteiger partial charge >= 0.3 is 13.8 Å². The molecule has 0 radical (unpaired) electrons. The molecule has 0 aliphatic carbocycles. The summed E-state index contributed by atoms with van der Waals surface area (Å²) >= 11 is 0. The third-order valence-electron chi connectivity index (χ3n) is 1.02. The van der Waals surface area contributed by atoms with Crippen LogP contribution in [0.25, 0.3) is 0 Å². The van der Waals surface area contributed by atoms with Crippen LogP contribution in [0.2, 0.25) is 0 Å². The van der Waals surface area contributed by atoms with E-state index in [-0.39, 0.29) is 19.2 Å².